The number of nitrogens with one attached hydrogen (secondary N) is 1. The largest absolute Gasteiger partial charge is 0.430 e. The number of oxazole rings is 1. The number of hydrogen-bond acceptors (Lipinski definition) is 6. The van der Waals surface area contributed by atoms with Crippen LogP contribution in [0, 0.1) is 16.0 Å². The molecule has 21 heavy (non-hydrogen) atoms. The number of nitrogens with zero attached hydrogens (tertiary/aromatic N) is 2. The number of rotatable bonds is 4. The Morgan fingerprint density at radius 2 is 2.38 bits per heavy atom. The van der Waals surface area contributed by atoms with Crippen molar-refractivity contribution in [3.63, 3.8) is 0 Å². The van der Waals surface area contributed by atoms with Gasteiger partial charge in [-0.05, 0) is 37.9 Å². The van der Waals surface area contributed by atoms with Gasteiger partial charge in [-0.1, -0.05) is 0 Å². The van der Waals surface area contributed by atoms with Gasteiger partial charge in [0.1, 0.15) is 16.3 Å². The Morgan fingerprint density at radius 3 is 3.10 bits per heavy atom. The Kier molecular flexibility index (Phi) is 3.98. The summed E-state index contributed by atoms with van der Waals surface area (Å²) >= 11 is 0. The van der Waals surface area contributed by atoms with E-state index in [1.165, 1.54) is 18.2 Å². The first-order chi connectivity index (χ1) is 10.1. The molecule has 1 aromatic heterocycles. The summed E-state index contributed by atoms with van der Waals surface area (Å²) in [5, 5.41) is 14.2. The lowest BCUT2D eigenvalue weighted by molar-refractivity contribution is -0.384. The van der Waals surface area contributed by atoms with Crippen LogP contribution in [-0.4, -0.2) is 33.0 Å². The third-order valence-electron chi connectivity index (χ3n) is 3.54. The van der Waals surface area contributed by atoms with Crippen LogP contribution in [-0.2, 0) is 10.8 Å². The van der Waals surface area contributed by atoms with E-state index in [-0.39, 0.29) is 10.9 Å². The van der Waals surface area contributed by atoms with Gasteiger partial charge in [0.15, 0.2) is 5.58 Å². The van der Waals surface area contributed by atoms with Crippen LogP contribution < -0.4 is 5.32 Å². The van der Waals surface area contributed by atoms with Crippen LogP contribution in [0.25, 0.3) is 11.1 Å². The summed E-state index contributed by atoms with van der Waals surface area (Å²) in [6.45, 7) is 1.87. The molecule has 1 aliphatic heterocycles. The zero-order valence-electron chi connectivity index (χ0n) is 11.3. The van der Waals surface area contributed by atoms with Gasteiger partial charge in [0.25, 0.3) is 10.9 Å². The summed E-state index contributed by atoms with van der Waals surface area (Å²) in [5.41, 5.74) is 0.740. The molecule has 1 aliphatic rings. The van der Waals surface area contributed by atoms with Crippen LogP contribution in [0.5, 0.6) is 0 Å². The average molecular weight is 309 g/mol. The van der Waals surface area contributed by atoms with Gasteiger partial charge >= 0.3 is 0 Å². The molecule has 0 bridgehead atoms. The van der Waals surface area contributed by atoms with Gasteiger partial charge in [0.05, 0.1) is 4.92 Å². The molecular weight excluding hydrogens is 294 g/mol. The Balaban J connectivity index is 1.79. The highest BCUT2D eigenvalue weighted by Crippen LogP contribution is 2.24. The molecule has 8 heteroatoms. The number of aromatic nitrogens is 1. The first-order valence-electron chi connectivity index (χ1n) is 6.77. The number of nitro groups is 1. The molecule has 112 valence electrons. The molecule has 0 aliphatic carbocycles. The minimum absolute atomic E-state index is 0.0513. The highest BCUT2D eigenvalue weighted by atomic mass is 32.2. The van der Waals surface area contributed by atoms with E-state index in [1.807, 2.05) is 0 Å². The SMILES string of the molecule is O=[N+]([O-])c1ccc2oc(S(=O)CC3CCCNC3)nc2c1. The van der Waals surface area contributed by atoms with Gasteiger partial charge in [-0.2, -0.15) is 0 Å². The van der Waals surface area contributed by atoms with Crippen molar-refractivity contribution in [2.45, 2.75) is 18.1 Å². The molecule has 1 fully saturated rings. The van der Waals surface area contributed by atoms with Crippen molar-refractivity contribution in [1.82, 2.24) is 10.3 Å². The lowest BCUT2D eigenvalue weighted by Crippen LogP contribution is -2.32. The van der Waals surface area contributed by atoms with E-state index in [0.29, 0.717) is 22.8 Å². The molecule has 0 radical (unpaired) electrons. The van der Waals surface area contributed by atoms with Crippen LogP contribution in [0.15, 0.2) is 27.8 Å². The molecule has 2 unspecified atom stereocenters. The Labute approximate surface area is 123 Å². The van der Waals surface area contributed by atoms with Crippen molar-refractivity contribution in [2.24, 2.45) is 5.92 Å². The highest BCUT2D eigenvalue weighted by molar-refractivity contribution is 7.84. The first kappa shape index (κ1) is 14.2. The van der Waals surface area contributed by atoms with Crippen LogP contribution in [0.1, 0.15) is 12.8 Å². The predicted molar refractivity (Wildman–Crippen MR) is 77.5 cm³/mol. The molecule has 2 aromatic rings. The molecule has 0 saturated carbocycles. The van der Waals surface area contributed by atoms with Crippen LogP contribution >= 0.6 is 0 Å². The van der Waals surface area contributed by atoms with Crippen molar-refractivity contribution < 1.29 is 13.5 Å². The smallest absolute Gasteiger partial charge is 0.287 e. The van der Waals surface area contributed by atoms with Gasteiger partial charge < -0.3 is 9.73 Å². The fourth-order valence-electron chi connectivity index (χ4n) is 2.46. The van der Waals surface area contributed by atoms with Gasteiger partial charge in [0.2, 0.25) is 0 Å². The lowest BCUT2D eigenvalue weighted by atomic mass is 10.0. The summed E-state index contributed by atoms with van der Waals surface area (Å²) in [5.74, 6) is 0.853. The minimum Gasteiger partial charge on any atom is -0.430 e. The molecule has 1 saturated heterocycles. The lowest BCUT2D eigenvalue weighted by Gasteiger charge is -2.21. The molecule has 2 heterocycles. The number of benzene rings is 1. The van der Waals surface area contributed by atoms with Crippen molar-refractivity contribution >= 4 is 27.6 Å². The van der Waals surface area contributed by atoms with Crippen molar-refractivity contribution in [2.75, 3.05) is 18.8 Å². The second-order valence-electron chi connectivity index (χ2n) is 5.11. The summed E-state index contributed by atoms with van der Waals surface area (Å²) in [6, 6.07) is 4.18. The molecule has 3 rings (SSSR count). The molecule has 2 atom stereocenters. The van der Waals surface area contributed by atoms with E-state index in [1.54, 1.807) is 0 Å². The second kappa shape index (κ2) is 5.90. The van der Waals surface area contributed by atoms with Crippen LogP contribution in [0.4, 0.5) is 5.69 Å². The quantitative estimate of drug-likeness (QED) is 0.683. The molecular formula is C13H15N3O4S. The summed E-state index contributed by atoms with van der Waals surface area (Å²) in [6.07, 6.45) is 2.13. The molecule has 1 N–H and O–H groups in total. The number of hydrogen-bond donors (Lipinski definition) is 1. The van der Waals surface area contributed by atoms with Crippen LogP contribution in [0.3, 0.4) is 0 Å². The monoisotopic (exact) mass is 309 g/mol. The molecule has 1 aromatic carbocycles. The maximum absolute atomic E-state index is 12.3. The topological polar surface area (TPSA) is 98.3 Å². The highest BCUT2D eigenvalue weighted by Gasteiger charge is 2.21. The summed E-state index contributed by atoms with van der Waals surface area (Å²) in [7, 11) is -1.32. The third-order valence-corrected chi connectivity index (χ3v) is 4.88. The van der Waals surface area contributed by atoms with Gasteiger partial charge in [-0.25, -0.2) is 9.19 Å². The third kappa shape index (κ3) is 3.11. The fourth-order valence-corrected chi connectivity index (χ4v) is 3.70. The van der Waals surface area contributed by atoms with Gasteiger partial charge in [-0.3, -0.25) is 10.1 Å². The van der Waals surface area contributed by atoms with E-state index in [4.69, 9.17) is 4.42 Å². The van der Waals surface area contributed by atoms with E-state index in [2.05, 4.69) is 10.3 Å². The van der Waals surface area contributed by atoms with E-state index in [0.717, 1.165) is 25.9 Å². The van der Waals surface area contributed by atoms with Crippen LogP contribution in [0.2, 0.25) is 0 Å². The number of nitro benzene ring substituents is 1. The molecule has 0 spiro atoms. The van der Waals surface area contributed by atoms with E-state index >= 15 is 0 Å². The minimum atomic E-state index is -1.32. The molecule has 7 nitrogen and oxygen atoms in total. The average Bonchev–Trinajstić information content (AvgIpc) is 2.91. The Hall–Kier alpha value is -1.80. The maximum atomic E-state index is 12.3. The zero-order valence-corrected chi connectivity index (χ0v) is 12.1. The van der Waals surface area contributed by atoms with Crippen molar-refractivity contribution in [3.05, 3.63) is 28.3 Å². The van der Waals surface area contributed by atoms with Gasteiger partial charge in [-0.15, -0.1) is 0 Å². The second-order valence-corrected chi connectivity index (χ2v) is 6.49. The summed E-state index contributed by atoms with van der Waals surface area (Å²) in [4.78, 5) is 14.4. The normalized spacial score (nSPS) is 20.5. The number of fused-ring (bicyclic) bond motifs is 1. The number of piperidine rings is 1. The predicted octanol–water partition coefficient (Wildman–Crippen LogP) is 1.84. The Morgan fingerprint density at radius 1 is 1.52 bits per heavy atom. The first-order valence-corrected chi connectivity index (χ1v) is 8.09. The van der Waals surface area contributed by atoms with Gasteiger partial charge in [0, 0.05) is 17.9 Å². The Bertz CT molecular complexity index is 694. The summed E-state index contributed by atoms with van der Waals surface area (Å²) < 4.78 is 17.7. The van der Waals surface area contributed by atoms with Crippen molar-refractivity contribution in [3.8, 4) is 0 Å². The molecule has 0 amide bonds. The standard InChI is InChI=1S/C13H15N3O4S/c17-16(18)10-3-4-12-11(6-10)15-13(20-12)21(19)8-9-2-1-5-14-7-9/h3-4,6,9,14H,1-2,5,7-8H2. The fraction of sp³-hybridized carbons (Fsp3) is 0.462. The zero-order chi connectivity index (χ0) is 14.8. The van der Waals surface area contributed by atoms with E-state index < -0.39 is 15.7 Å². The van der Waals surface area contributed by atoms with Crippen molar-refractivity contribution in [1.29, 1.82) is 0 Å². The number of non-ortho nitro benzene ring substituents is 1. The van der Waals surface area contributed by atoms with E-state index in [9.17, 15) is 14.3 Å². The maximum Gasteiger partial charge on any atom is 0.287 e.